The standard InChI is InChI=1S/C11H21NO2.C9H17NO.C9H18O.C8H17NO.CH4/c1-4-6-10(7-5-2)11(14)12-8-9(3)13;1-8(2)6(7(11)10-5)9(8,3)4;1-5-7(3)9(6-2)8(4)10;1-4-5-7(6(2)3)8(9)10;/h10H,4-8H2,1-3H3,(H,12,14);6H,1-5H3,(H,10,11);7,9H,5-6H2,1-4H3;6-7H,4-5H2,1-3H3,(H2,9,10);1H4. The summed E-state index contributed by atoms with van der Waals surface area (Å²) >= 11 is 0. The van der Waals surface area contributed by atoms with E-state index >= 15 is 0 Å². The molecule has 1 aliphatic carbocycles. The van der Waals surface area contributed by atoms with Gasteiger partial charge in [-0.15, -0.1) is 0 Å². The van der Waals surface area contributed by atoms with Crippen LogP contribution in [0.4, 0.5) is 0 Å². The van der Waals surface area contributed by atoms with Crippen molar-refractivity contribution in [2.24, 2.45) is 52.1 Å². The average Bonchev–Trinajstić information content (AvgIpc) is 3.37. The molecule has 1 saturated carbocycles. The van der Waals surface area contributed by atoms with Crippen molar-refractivity contribution in [3.8, 4) is 0 Å². The lowest BCUT2D eigenvalue weighted by atomic mass is 9.87. The number of carbonyl (C=O) groups excluding carboxylic acids is 5. The quantitative estimate of drug-likeness (QED) is 0.154. The van der Waals surface area contributed by atoms with Crippen LogP contribution in [0.15, 0.2) is 0 Å². The third-order valence-electron chi connectivity index (χ3n) is 9.75. The Balaban J connectivity index is -0.000000256. The highest BCUT2D eigenvalue weighted by molar-refractivity contribution is 5.85. The number of nitrogens with one attached hydrogen (secondary N) is 2. The summed E-state index contributed by atoms with van der Waals surface area (Å²) in [6.45, 7) is 28.6. The Morgan fingerprint density at radius 2 is 1.17 bits per heavy atom. The van der Waals surface area contributed by atoms with E-state index in [1.165, 1.54) is 6.92 Å². The predicted molar refractivity (Wildman–Crippen MR) is 195 cm³/mol. The molecule has 0 aromatic rings. The Bertz CT molecular complexity index is 850. The second-order valence-electron chi connectivity index (χ2n) is 14.2. The molecule has 4 N–H and O–H groups in total. The van der Waals surface area contributed by atoms with Gasteiger partial charge in [0.05, 0.1) is 6.54 Å². The number of ketones is 2. The minimum absolute atomic E-state index is 0. The Morgan fingerprint density at radius 3 is 1.35 bits per heavy atom. The third kappa shape index (κ3) is 18.8. The van der Waals surface area contributed by atoms with Crippen LogP contribution >= 0.6 is 0 Å². The first kappa shape index (κ1) is 50.6. The Morgan fingerprint density at radius 1 is 0.739 bits per heavy atom. The van der Waals surface area contributed by atoms with Gasteiger partial charge in [-0.05, 0) is 62.2 Å². The van der Waals surface area contributed by atoms with Crippen molar-refractivity contribution in [3.05, 3.63) is 0 Å². The second kappa shape index (κ2) is 25.8. The molecule has 1 aliphatic rings. The molecule has 0 saturated heterocycles. The summed E-state index contributed by atoms with van der Waals surface area (Å²) in [6, 6.07) is 0. The molecular formula is C38H77N3O5. The summed E-state index contributed by atoms with van der Waals surface area (Å²) in [7, 11) is 1.70. The zero-order chi connectivity index (χ0) is 36.1. The van der Waals surface area contributed by atoms with Crippen molar-refractivity contribution in [3.63, 3.8) is 0 Å². The molecule has 0 bridgehead atoms. The van der Waals surface area contributed by atoms with E-state index in [1.807, 2.05) is 13.8 Å². The maximum absolute atomic E-state index is 11.6. The molecule has 0 aromatic heterocycles. The fourth-order valence-corrected chi connectivity index (χ4v) is 5.95. The van der Waals surface area contributed by atoms with Crippen LogP contribution in [-0.4, -0.2) is 42.9 Å². The molecule has 0 spiro atoms. The largest absolute Gasteiger partial charge is 0.369 e. The molecule has 3 unspecified atom stereocenters. The first-order chi connectivity index (χ1) is 20.7. The van der Waals surface area contributed by atoms with Gasteiger partial charge in [0, 0.05) is 30.7 Å². The molecule has 0 aliphatic heterocycles. The van der Waals surface area contributed by atoms with Crippen molar-refractivity contribution >= 4 is 29.3 Å². The van der Waals surface area contributed by atoms with Gasteiger partial charge in [0.15, 0.2) is 0 Å². The normalized spacial score (nSPS) is 15.9. The van der Waals surface area contributed by atoms with Gasteiger partial charge in [0.1, 0.15) is 11.6 Å². The number of Topliss-reactive ketones (excluding diaryl/α,β-unsaturated/α-hetero) is 2. The predicted octanol–water partition coefficient (Wildman–Crippen LogP) is 8.15. The van der Waals surface area contributed by atoms with Crippen molar-refractivity contribution in [1.82, 2.24) is 10.6 Å². The molecule has 46 heavy (non-hydrogen) atoms. The van der Waals surface area contributed by atoms with Crippen LogP contribution in [0.25, 0.3) is 0 Å². The van der Waals surface area contributed by atoms with E-state index in [1.54, 1.807) is 14.0 Å². The van der Waals surface area contributed by atoms with Crippen molar-refractivity contribution < 1.29 is 24.0 Å². The summed E-state index contributed by atoms with van der Waals surface area (Å²) in [5.41, 5.74) is 5.53. The third-order valence-corrected chi connectivity index (χ3v) is 9.75. The lowest BCUT2D eigenvalue weighted by molar-refractivity contribution is -0.127. The first-order valence-corrected chi connectivity index (χ1v) is 17.5. The number of carbonyl (C=O) groups is 5. The molecule has 1 rings (SSSR count). The van der Waals surface area contributed by atoms with Crippen LogP contribution in [0.3, 0.4) is 0 Å². The van der Waals surface area contributed by atoms with Crippen LogP contribution in [0.5, 0.6) is 0 Å². The Labute approximate surface area is 285 Å². The molecule has 0 heterocycles. The van der Waals surface area contributed by atoms with Crippen LogP contribution in [0, 0.1) is 46.3 Å². The van der Waals surface area contributed by atoms with Gasteiger partial charge in [-0.3, -0.25) is 24.0 Å². The molecule has 1 fully saturated rings. The second-order valence-corrected chi connectivity index (χ2v) is 14.2. The molecule has 0 aromatic carbocycles. The van der Waals surface area contributed by atoms with E-state index in [9.17, 15) is 24.0 Å². The van der Waals surface area contributed by atoms with E-state index in [2.05, 4.69) is 79.9 Å². The molecule has 8 nitrogen and oxygen atoms in total. The van der Waals surface area contributed by atoms with E-state index in [-0.39, 0.29) is 66.1 Å². The van der Waals surface area contributed by atoms with Gasteiger partial charge in [0.2, 0.25) is 17.7 Å². The highest BCUT2D eigenvalue weighted by Gasteiger charge is 2.67. The summed E-state index contributed by atoms with van der Waals surface area (Å²) < 4.78 is 0. The number of hydrogen-bond acceptors (Lipinski definition) is 5. The Kier molecular flexibility index (Phi) is 28.4. The fraction of sp³-hybridized carbons (Fsp3) is 0.868. The van der Waals surface area contributed by atoms with Crippen LogP contribution < -0.4 is 16.4 Å². The van der Waals surface area contributed by atoms with Crippen LogP contribution in [-0.2, 0) is 24.0 Å². The zero-order valence-corrected chi connectivity index (χ0v) is 31.9. The van der Waals surface area contributed by atoms with Gasteiger partial charge >= 0.3 is 0 Å². The molecule has 8 heteroatoms. The highest BCUT2D eigenvalue weighted by atomic mass is 16.2. The molecule has 274 valence electrons. The molecular weight excluding hydrogens is 578 g/mol. The number of amides is 3. The monoisotopic (exact) mass is 656 g/mol. The van der Waals surface area contributed by atoms with Gasteiger partial charge in [-0.25, -0.2) is 0 Å². The van der Waals surface area contributed by atoms with Crippen molar-refractivity contribution in [2.75, 3.05) is 13.6 Å². The maximum atomic E-state index is 11.6. The number of nitrogens with two attached hydrogens (primary N) is 1. The van der Waals surface area contributed by atoms with Crippen LogP contribution in [0.2, 0.25) is 0 Å². The molecule has 3 atom stereocenters. The van der Waals surface area contributed by atoms with Gasteiger partial charge in [0.25, 0.3) is 0 Å². The van der Waals surface area contributed by atoms with Crippen LogP contribution in [0.1, 0.15) is 156 Å². The first-order valence-electron chi connectivity index (χ1n) is 17.5. The van der Waals surface area contributed by atoms with E-state index in [0.29, 0.717) is 23.5 Å². The maximum Gasteiger partial charge on any atom is 0.223 e. The average molecular weight is 656 g/mol. The topological polar surface area (TPSA) is 135 Å². The number of rotatable bonds is 16. The minimum Gasteiger partial charge on any atom is -0.369 e. The fourth-order valence-electron chi connectivity index (χ4n) is 5.95. The van der Waals surface area contributed by atoms with Gasteiger partial charge in [-0.2, -0.15) is 0 Å². The van der Waals surface area contributed by atoms with E-state index in [0.717, 1.165) is 51.4 Å². The lowest BCUT2D eigenvalue weighted by Crippen LogP contribution is -2.33. The number of primary amides is 1. The van der Waals surface area contributed by atoms with Gasteiger partial charge < -0.3 is 16.4 Å². The molecule has 0 radical (unpaired) electrons. The summed E-state index contributed by atoms with van der Waals surface area (Å²) in [5, 5.41) is 5.36. The van der Waals surface area contributed by atoms with Gasteiger partial charge in [-0.1, -0.05) is 116 Å². The summed E-state index contributed by atoms with van der Waals surface area (Å²) in [4.78, 5) is 55.3. The van der Waals surface area contributed by atoms with E-state index in [4.69, 9.17) is 5.73 Å². The SMILES string of the molecule is C.CCC(C)C(CC)C(C)=O.CCCC(C(N)=O)C(C)C.CCCC(CCC)C(=O)NCC(C)=O.CNC(=O)C1C(C)(C)C1(C)C. The van der Waals surface area contributed by atoms with Crippen molar-refractivity contribution in [1.29, 1.82) is 0 Å². The minimum atomic E-state index is -0.156. The molecule has 3 amide bonds. The van der Waals surface area contributed by atoms with Crippen molar-refractivity contribution in [2.45, 2.75) is 156 Å². The zero-order valence-electron chi connectivity index (χ0n) is 31.9. The summed E-state index contributed by atoms with van der Waals surface area (Å²) in [6.07, 6.45) is 7.91. The number of hydrogen-bond donors (Lipinski definition) is 3. The summed E-state index contributed by atoms with van der Waals surface area (Å²) in [5.74, 6) is 2.00. The van der Waals surface area contributed by atoms with E-state index < -0.39 is 0 Å². The highest BCUT2D eigenvalue weighted by Crippen LogP contribution is 2.68. The Hall–Kier alpha value is -2.25. The lowest BCUT2D eigenvalue weighted by Gasteiger charge is -2.17. The smallest absolute Gasteiger partial charge is 0.223 e.